The van der Waals surface area contributed by atoms with Crippen LogP contribution in [0.2, 0.25) is 0 Å². The van der Waals surface area contributed by atoms with Crippen molar-refractivity contribution in [3.05, 3.63) is 71.3 Å². The van der Waals surface area contributed by atoms with Gasteiger partial charge in [0, 0.05) is 12.8 Å². The molecule has 20 heavy (non-hydrogen) atoms. The molecule has 0 unspecified atom stereocenters. The van der Waals surface area contributed by atoms with Gasteiger partial charge in [-0.25, -0.2) is 5.43 Å². The number of nitrogens with one attached hydrogen (secondary N) is 1. The predicted molar refractivity (Wildman–Crippen MR) is 79.6 cm³/mol. The predicted octanol–water partition coefficient (Wildman–Crippen LogP) is 2.89. The Labute approximate surface area is 118 Å². The molecule has 0 saturated heterocycles. The maximum Gasteiger partial charge on any atom is 0.240 e. The summed E-state index contributed by atoms with van der Waals surface area (Å²) < 4.78 is 0. The summed E-state index contributed by atoms with van der Waals surface area (Å²) in [7, 11) is 0. The van der Waals surface area contributed by atoms with Crippen molar-refractivity contribution in [2.45, 2.75) is 19.3 Å². The Morgan fingerprint density at radius 1 is 0.900 bits per heavy atom. The maximum atomic E-state index is 11.1. The number of carbonyl (C=O) groups excluding carboxylic acids is 1. The van der Waals surface area contributed by atoms with Crippen LogP contribution in [-0.4, -0.2) is 11.6 Å². The second-order valence-electron chi connectivity index (χ2n) is 4.95. The SMILES string of the molecule is O=C1CCC(c2ccc(Cc3ccccc3)cc2)=NN1. The van der Waals surface area contributed by atoms with Crippen molar-refractivity contribution in [1.82, 2.24) is 5.43 Å². The first kappa shape index (κ1) is 12.6. The van der Waals surface area contributed by atoms with E-state index in [1.54, 1.807) is 0 Å². The normalized spacial score (nSPS) is 14.6. The van der Waals surface area contributed by atoms with Crippen molar-refractivity contribution in [2.24, 2.45) is 5.10 Å². The Hall–Kier alpha value is -2.42. The summed E-state index contributed by atoms with van der Waals surface area (Å²) >= 11 is 0. The minimum absolute atomic E-state index is 0.00514. The summed E-state index contributed by atoms with van der Waals surface area (Å²) in [6.45, 7) is 0. The van der Waals surface area contributed by atoms with Crippen LogP contribution in [0.25, 0.3) is 0 Å². The fourth-order valence-corrected chi connectivity index (χ4v) is 2.33. The molecule has 1 aliphatic rings. The zero-order chi connectivity index (χ0) is 13.8. The number of benzene rings is 2. The second kappa shape index (κ2) is 5.70. The molecule has 0 aliphatic carbocycles. The zero-order valence-electron chi connectivity index (χ0n) is 11.2. The Bertz CT molecular complexity index is 630. The van der Waals surface area contributed by atoms with Gasteiger partial charge in [0.05, 0.1) is 5.71 Å². The highest BCUT2D eigenvalue weighted by molar-refractivity contribution is 6.04. The zero-order valence-corrected chi connectivity index (χ0v) is 11.2. The third kappa shape index (κ3) is 2.94. The summed E-state index contributed by atoms with van der Waals surface area (Å²) in [5.41, 5.74) is 7.16. The van der Waals surface area contributed by atoms with Gasteiger partial charge >= 0.3 is 0 Å². The van der Waals surface area contributed by atoms with Crippen LogP contribution in [0.3, 0.4) is 0 Å². The highest BCUT2D eigenvalue weighted by Crippen LogP contribution is 2.14. The summed E-state index contributed by atoms with van der Waals surface area (Å²) in [6, 6.07) is 18.8. The van der Waals surface area contributed by atoms with Crippen LogP contribution in [0.15, 0.2) is 59.7 Å². The minimum atomic E-state index is -0.00514. The minimum Gasteiger partial charge on any atom is -0.273 e. The molecule has 0 bridgehead atoms. The number of nitrogens with zero attached hydrogens (tertiary/aromatic N) is 1. The third-order valence-electron chi connectivity index (χ3n) is 3.44. The molecule has 0 radical (unpaired) electrons. The number of hydrogen-bond donors (Lipinski definition) is 1. The van der Waals surface area contributed by atoms with E-state index in [9.17, 15) is 4.79 Å². The van der Waals surface area contributed by atoms with Crippen molar-refractivity contribution in [3.8, 4) is 0 Å². The Balaban J connectivity index is 1.73. The largest absolute Gasteiger partial charge is 0.273 e. The van der Waals surface area contributed by atoms with E-state index in [2.05, 4.69) is 59.1 Å². The molecular weight excluding hydrogens is 248 g/mol. The van der Waals surface area contributed by atoms with E-state index in [1.165, 1.54) is 11.1 Å². The van der Waals surface area contributed by atoms with Crippen LogP contribution in [0.4, 0.5) is 0 Å². The molecule has 1 heterocycles. The number of hydrazone groups is 1. The lowest BCUT2D eigenvalue weighted by Gasteiger charge is -2.12. The van der Waals surface area contributed by atoms with Crippen LogP contribution in [-0.2, 0) is 11.2 Å². The molecule has 0 fully saturated rings. The van der Waals surface area contributed by atoms with Gasteiger partial charge in [-0.05, 0) is 23.1 Å². The molecule has 1 aliphatic heterocycles. The van der Waals surface area contributed by atoms with Crippen LogP contribution < -0.4 is 5.43 Å². The van der Waals surface area contributed by atoms with Gasteiger partial charge in [0.15, 0.2) is 0 Å². The lowest BCUT2D eigenvalue weighted by atomic mass is 10.00. The van der Waals surface area contributed by atoms with E-state index in [0.29, 0.717) is 12.8 Å². The lowest BCUT2D eigenvalue weighted by Crippen LogP contribution is -2.25. The number of amides is 1. The average molecular weight is 264 g/mol. The van der Waals surface area contributed by atoms with Gasteiger partial charge in [-0.3, -0.25) is 4.79 Å². The first-order chi connectivity index (χ1) is 9.81. The van der Waals surface area contributed by atoms with E-state index >= 15 is 0 Å². The van der Waals surface area contributed by atoms with Crippen LogP contribution in [0.5, 0.6) is 0 Å². The standard InChI is InChI=1S/C17H16N2O/c20-17-11-10-16(18-19-17)15-8-6-14(7-9-15)12-13-4-2-1-3-5-13/h1-9H,10-12H2,(H,19,20). The molecule has 2 aromatic rings. The van der Waals surface area contributed by atoms with Gasteiger partial charge < -0.3 is 0 Å². The van der Waals surface area contributed by atoms with Crippen molar-refractivity contribution in [2.75, 3.05) is 0 Å². The van der Waals surface area contributed by atoms with Crippen molar-refractivity contribution < 1.29 is 4.79 Å². The highest BCUT2D eigenvalue weighted by atomic mass is 16.2. The number of hydrogen-bond acceptors (Lipinski definition) is 2. The molecule has 0 spiro atoms. The Morgan fingerprint density at radius 2 is 1.60 bits per heavy atom. The smallest absolute Gasteiger partial charge is 0.240 e. The lowest BCUT2D eigenvalue weighted by molar-refractivity contribution is -0.121. The third-order valence-corrected chi connectivity index (χ3v) is 3.44. The maximum absolute atomic E-state index is 11.1. The van der Waals surface area contributed by atoms with E-state index < -0.39 is 0 Å². The van der Waals surface area contributed by atoms with E-state index in [4.69, 9.17) is 0 Å². The van der Waals surface area contributed by atoms with Crippen molar-refractivity contribution >= 4 is 11.6 Å². The molecule has 100 valence electrons. The van der Waals surface area contributed by atoms with Gasteiger partial charge in [0.25, 0.3) is 0 Å². The quantitative estimate of drug-likeness (QED) is 0.910. The van der Waals surface area contributed by atoms with Crippen molar-refractivity contribution in [1.29, 1.82) is 0 Å². The van der Waals surface area contributed by atoms with E-state index in [0.717, 1.165) is 17.7 Å². The molecule has 0 saturated carbocycles. The van der Waals surface area contributed by atoms with E-state index in [1.807, 2.05) is 6.07 Å². The van der Waals surface area contributed by atoms with Gasteiger partial charge in [-0.1, -0.05) is 54.6 Å². The number of carbonyl (C=O) groups is 1. The topological polar surface area (TPSA) is 41.5 Å². The summed E-state index contributed by atoms with van der Waals surface area (Å²) in [5.74, 6) is -0.00514. The molecule has 3 rings (SSSR count). The average Bonchev–Trinajstić information content (AvgIpc) is 2.50. The van der Waals surface area contributed by atoms with Gasteiger partial charge in [0.1, 0.15) is 0 Å². The molecule has 2 aromatic carbocycles. The van der Waals surface area contributed by atoms with E-state index in [-0.39, 0.29) is 5.91 Å². The highest BCUT2D eigenvalue weighted by Gasteiger charge is 2.12. The van der Waals surface area contributed by atoms with Gasteiger partial charge in [-0.15, -0.1) is 0 Å². The summed E-state index contributed by atoms with van der Waals surface area (Å²) in [6.07, 6.45) is 2.17. The van der Waals surface area contributed by atoms with Crippen LogP contribution in [0.1, 0.15) is 29.5 Å². The molecule has 1 amide bonds. The molecule has 3 nitrogen and oxygen atoms in total. The monoisotopic (exact) mass is 264 g/mol. The molecule has 0 aromatic heterocycles. The first-order valence-electron chi connectivity index (χ1n) is 6.80. The first-order valence-corrected chi connectivity index (χ1v) is 6.80. The Kier molecular flexibility index (Phi) is 3.59. The summed E-state index contributed by atoms with van der Waals surface area (Å²) in [4.78, 5) is 11.1. The van der Waals surface area contributed by atoms with Crippen LogP contribution >= 0.6 is 0 Å². The molecule has 1 N–H and O–H groups in total. The molecule has 0 atom stereocenters. The van der Waals surface area contributed by atoms with Crippen LogP contribution in [0, 0.1) is 0 Å². The summed E-state index contributed by atoms with van der Waals surface area (Å²) in [5, 5.41) is 4.11. The number of rotatable bonds is 3. The fourth-order valence-electron chi connectivity index (χ4n) is 2.33. The second-order valence-corrected chi connectivity index (χ2v) is 4.95. The van der Waals surface area contributed by atoms with Crippen molar-refractivity contribution in [3.63, 3.8) is 0 Å². The Morgan fingerprint density at radius 3 is 2.25 bits per heavy atom. The molecule has 3 heteroatoms. The van der Waals surface area contributed by atoms with Gasteiger partial charge in [-0.2, -0.15) is 5.10 Å². The fraction of sp³-hybridized carbons (Fsp3) is 0.176. The molecular formula is C17H16N2O. The van der Waals surface area contributed by atoms with Gasteiger partial charge in [0.2, 0.25) is 5.91 Å².